The lowest BCUT2D eigenvalue weighted by atomic mass is 10.2. The predicted octanol–water partition coefficient (Wildman–Crippen LogP) is 3.91. The molecule has 0 aromatic heterocycles. The molecule has 2 aromatic rings. The highest BCUT2D eigenvalue weighted by molar-refractivity contribution is 6.30. The van der Waals surface area contributed by atoms with Gasteiger partial charge in [-0.05, 0) is 35.4 Å². The van der Waals surface area contributed by atoms with Gasteiger partial charge in [0, 0.05) is 13.1 Å². The fraction of sp³-hybridized carbons (Fsp3) is 0.143. The van der Waals surface area contributed by atoms with E-state index in [1.165, 1.54) is 18.2 Å². The van der Waals surface area contributed by atoms with Crippen LogP contribution in [0.25, 0.3) is 0 Å². The molecule has 0 fully saturated rings. The van der Waals surface area contributed by atoms with Crippen LogP contribution in [0.1, 0.15) is 11.1 Å². The van der Waals surface area contributed by atoms with Gasteiger partial charge in [-0.15, -0.1) is 0 Å². The van der Waals surface area contributed by atoms with Crippen LogP contribution in [0.2, 0.25) is 5.02 Å². The summed E-state index contributed by atoms with van der Waals surface area (Å²) in [7, 11) is 0. The van der Waals surface area contributed by atoms with E-state index in [1.807, 2.05) is 6.07 Å². The van der Waals surface area contributed by atoms with Crippen LogP contribution in [0.4, 0.5) is 8.78 Å². The molecule has 4 heteroatoms. The van der Waals surface area contributed by atoms with Crippen LogP contribution in [0.15, 0.2) is 42.5 Å². The monoisotopic (exact) mass is 267 g/mol. The van der Waals surface area contributed by atoms with E-state index in [-0.39, 0.29) is 10.8 Å². The van der Waals surface area contributed by atoms with E-state index in [0.29, 0.717) is 13.1 Å². The van der Waals surface area contributed by atoms with Gasteiger partial charge in [0.15, 0.2) is 0 Å². The second-order valence-corrected chi connectivity index (χ2v) is 4.39. The fourth-order valence-corrected chi connectivity index (χ4v) is 1.85. The van der Waals surface area contributed by atoms with Gasteiger partial charge in [-0.1, -0.05) is 29.8 Å². The summed E-state index contributed by atoms with van der Waals surface area (Å²) in [6.07, 6.45) is 0. The van der Waals surface area contributed by atoms with Crippen molar-refractivity contribution >= 4 is 11.6 Å². The first-order valence-electron chi connectivity index (χ1n) is 5.54. The SMILES string of the molecule is Fc1cccc(CNCc2ccc(F)c(Cl)c2)c1. The molecule has 0 aliphatic carbocycles. The highest BCUT2D eigenvalue weighted by atomic mass is 35.5. The zero-order chi connectivity index (χ0) is 13.0. The van der Waals surface area contributed by atoms with Crippen LogP contribution < -0.4 is 5.32 Å². The minimum absolute atomic E-state index is 0.111. The van der Waals surface area contributed by atoms with Gasteiger partial charge in [-0.3, -0.25) is 0 Å². The van der Waals surface area contributed by atoms with Crippen molar-refractivity contribution in [2.75, 3.05) is 0 Å². The summed E-state index contributed by atoms with van der Waals surface area (Å²) >= 11 is 5.68. The molecule has 2 aromatic carbocycles. The summed E-state index contributed by atoms with van der Waals surface area (Å²) < 4.78 is 25.9. The first-order chi connectivity index (χ1) is 8.65. The number of benzene rings is 2. The van der Waals surface area contributed by atoms with Crippen LogP contribution >= 0.6 is 11.6 Å². The number of halogens is 3. The van der Waals surface area contributed by atoms with Crippen LogP contribution in [0.5, 0.6) is 0 Å². The third-order valence-electron chi connectivity index (χ3n) is 2.53. The van der Waals surface area contributed by atoms with Crippen molar-refractivity contribution in [1.82, 2.24) is 5.32 Å². The molecule has 0 unspecified atom stereocenters. The van der Waals surface area contributed by atoms with Crippen molar-refractivity contribution in [2.24, 2.45) is 0 Å². The van der Waals surface area contributed by atoms with Gasteiger partial charge in [0.05, 0.1) is 5.02 Å². The third kappa shape index (κ3) is 3.52. The third-order valence-corrected chi connectivity index (χ3v) is 2.82. The largest absolute Gasteiger partial charge is 0.309 e. The van der Waals surface area contributed by atoms with Crippen LogP contribution in [0.3, 0.4) is 0 Å². The van der Waals surface area contributed by atoms with Crippen molar-refractivity contribution in [3.05, 3.63) is 70.2 Å². The molecule has 0 saturated carbocycles. The summed E-state index contributed by atoms with van der Waals surface area (Å²) in [6.45, 7) is 1.10. The zero-order valence-electron chi connectivity index (χ0n) is 9.59. The maximum absolute atomic E-state index is 12.9. The minimum atomic E-state index is -0.425. The van der Waals surface area contributed by atoms with Crippen LogP contribution in [0, 0.1) is 11.6 Å². The van der Waals surface area contributed by atoms with Crippen molar-refractivity contribution in [3.63, 3.8) is 0 Å². The van der Waals surface area contributed by atoms with E-state index in [9.17, 15) is 8.78 Å². The maximum atomic E-state index is 12.9. The smallest absolute Gasteiger partial charge is 0.141 e. The maximum Gasteiger partial charge on any atom is 0.141 e. The van der Waals surface area contributed by atoms with E-state index in [4.69, 9.17) is 11.6 Å². The Bertz CT molecular complexity index is 543. The van der Waals surface area contributed by atoms with E-state index in [2.05, 4.69) is 5.32 Å². The van der Waals surface area contributed by atoms with Crippen molar-refractivity contribution in [3.8, 4) is 0 Å². The molecule has 0 saturated heterocycles. The number of rotatable bonds is 4. The molecule has 0 spiro atoms. The topological polar surface area (TPSA) is 12.0 Å². The lowest BCUT2D eigenvalue weighted by Crippen LogP contribution is -2.12. The molecule has 1 N–H and O–H groups in total. The Morgan fingerprint density at radius 3 is 2.33 bits per heavy atom. The van der Waals surface area contributed by atoms with Gasteiger partial charge in [-0.2, -0.15) is 0 Å². The second kappa shape index (κ2) is 5.94. The van der Waals surface area contributed by atoms with Gasteiger partial charge in [-0.25, -0.2) is 8.78 Å². The summed E-state index contributed by atoms with van der Waals surface area (Å²) in [6, 6.07) is 11.0. The first kappa shape index (κ1) is 13.0. The van der Waals surface area contributed by atoms with Gasteiger partial charge in [0.2, 0.25) is 0 Å². The highest BCUT2D eigenvalue weighted by Gasteiger charge is 2.01. The van der Waals surface area contributed by atoms with E-state index >= 15 is 0 Å². The molecular formula is C14H12ClF2N. The molecule has 18 heavy (non-hydrogen) atoms. The second-order valence-electron chi connectivity index (χ2n) is 3.98. The highest BCUT2D eigenvalue weighted by Crippen LogP contribution is 2.15. The Kier molecular flexibility index (Phi) is 4.28. The lowest BCUT2D eigenvalue weighted by Gasteiger charge is -2.06. The summed E-state index contributed by atoms with van der Waals surface area (Å²) in [4.78, 5) is 0. The van der Waals surface area contributed by atoms with Crippen molar-refractivity contribution in [1.29, 1.82) is 0 Å². The Hall–Kier alpha value is -1.45. The van der Waals surface area contributed by atoms with Gasteiger partial charge < -0.3 is 5.32 Å². The average molecular weight is 268 g/mol. The molecule has 94 valence electrons. The number of nitrogens with one attached hydrogen (secondary N) is 1. The molecule has 1 nitrogen and oxygen atoms in total. The summed E-state index contributed by atoms with van der Waals surface area (Å²) in [5.74, 6) is -0.676. The lowest BCUT2D eigenvalue weighted by molar-refractivity contribution is 0.618. The van der Waals surface area contributed by atoms with E-state index in [0.717, 1.165) is 11.1 Å². The average Bonchev–Trinajstić information content (AvgIpc) is 2.34. The molecule has 0 aliphatic heterocycles. The Labute approximate surface area is 109 Å². The Morgan fingerprint density at radius 1 is 0.944 bits per heavy atom. The molecule has 0 heterocycles. The molecule has 0 amide bonds. The molecule has 0 bridgehead atoms. The minimum Gasteiger partial charge on any atom is -0.309 e. The number of hydrogen-bond acceptors (Lipinski definition) is 1. The predicted molar refractivity (Wildman–Crippen MR) is 68.4 cm³/mol. The number of hydrogen-bond donors (Lipinski definition) is 1. The molecule has 2 rings (SSSR count). The van der Waals surface area contributed by atoms with Gasteiger partial charge in [0.25, 0.3) is 0 Å². The molecule has 0 radical (unpaired) electrons. The quantitative estimate of drug-likeness (QED) is 0.886. The zero-order valence-corrected chi connectivity index (χ0v) is 10.3. The first-order valence-corrected chi connectivity index (χ1v) is 5.92. The van der Waals surface area contributed by atoms with Crippen molar-refractivity contribution in [2.45, 2.75) is 13.1 Å². The van der Waals surface area contributed by atoms with E-state index in [1.54, 1.807) is 18.2 Å². The Morgan fingerprint density at radius 2 is 1.67 bits per heavy atom. The standard InChI is InChI=1S/C14H12ClF2N/c15-13-7-11(4-5-14(13)17)9-18-8-10-2-1-3-12(16)6-10/h1-7,18H,8-9H2. The summed E-state index contributed by atoms with van der Waals surface area (Å²) in [5.41, 5.74) is 1.75. The van der Waals surface area contributed by atoms with E-state index < -0.39 is 5.82 Å². The fourth-order valence-electron chi connectivity index (χ4n) is 1.65. The normalized spacial score (nSPS) is 10.6. The van der Waals surface area contributed by atoms with Gasteiger partial charge in [0.1, 0.15) is 11.6 Å². The van der Waals surface area contributed by atoms with Gasteiger partial charge >= 0.3 is 0 Å². The molecule has 0 aliphatic rings. The Balaban J connectivity index is 1.90. The summed E-state index contributed by atoms with van der Waals surface area (Å²) in [5, 5.41) is 3.26. The van der Waals surface area contributed by atoms with Crippen LogP contribution in [-0.4, -0.2) is 0 Å². The molecule has 0 atom stereocenters. The van der Waals surface area contributed by atoms with Crippen LogP contribution in [-0.2, 0) is 13.1 Å². The molecular weight excluding hydrogens is 256 g/mol. The van der Waals surface area contributed by atoms with Crippen molar-refractivity contribution < 1.29 is 8.78 Å².